The van der Waals surface area contributed by atoms with E-state index in [-0.39, 0.29) is 5.82 Å². The molecule has 0 fully saturated rings. The molecular weight excluding hydrogens is 229 g/mol. The number of likely N-dealkylation sites (N-methyl/N-ethyl adjacent to an activating group) is 1. The summed E-state index contributed by atoms with van der Waals surface area (Å²) in [6.45, 7) is 4.02. The molecule has 0 unspecified atom stereocenters. The van der Waals surface area contributed by atoms with E-state index in [0.29, 0.717) is 19.1 Å². The van der Waals surface area contributed by atoms with Gasteiger partial charge < -0.3 is 9.64 Å². The Bertz CT molecular complexity index is 333. The molecule has 0 N–H and O–H groups in total. The molecule has 0 radical (unpaired) electrons. The Labute approximate surface area is 101 Å². The van der Waals surface area contributed by atoms with E-state index < -0.39 is 0 Å². The molecule has 0 aromatic heterocycles. The summed E-state index contributed by atoms with van der Waals surface area (Å²) in [4.78, 5) is 1.95. The van der Waals surface area contributed by atoms with Crippen molar-refractivity contribution in [1.82, 2.24) is 0 Å². The van der Waals surface area contributed by atoms with Gasteiger partial charge in [0.15, 0.2) is 0 Å². The normalized spacial score (nSPS) is 10.5. The SMILES string of the molecule is CCOCCN(C)c1cc(F)cc(CCl)c1. The number of hydrogen-bond acceptors (Lipinski definition) is 2. The molecule has 0 aliphatic heterocycles. The van der Waals surface area contributed by atoms with Crippen molar-refractivity contribution in [3.8, 4) is 0 Å². The zero-order valence-corrected chi connectivity index (χ0v) is 10.4. The highest BCUT2D eigenvalue weighted by atomic mass is 35.5. The van der Waals surface area contributed by atoms with Crippen molar-refractivity contribution >= 4 is 17.3 Å². The summed E-state index contributed by atoms with van der Waals surface area (Å²) in [6.07, 6.45) is 0. The number of anilines is 1. The van der Waals surface area contributed by atoms with Crippen LogP contribution in [0.25, 0.3) is 0 Å². The molecule has 1 aromatic carbocycles. The maximum absolute atomic E-state index is 13.2. The molecule has 0 bridgehead atoms. The van der Waals surface area contributed by atoms with Gasteiger partial charge >= 0.3 is 0 Å². The number of alkyl halides is 1. The lowest BCUT2D eigenvalue weighted by atomic mass is 10.2. The first-order valence-corrected chi connectivity index (χ1v) is 5.85. The van der Waals surface area contributed by atoms with E-state index in [1.165, 1.54) is 12.1 Å². The van der Waals surface area contributed by atoms with Crippen LogP contribution in [0, 0.1) is 5.82 Å². The van der Waals surface area contributed by atoms with Crippen LogP contribution in [0.15, 0.2) is 18.2 Å². The average Bonchev–Trinajstić information content (AvgIpc) is 2.28. The molecule has 0 atom stereocenters. The third kappa shape index (κ3) is 3.99. The second-order valence-electron chi connectivity index (χ2n) is 3.57. The first kappa shape index (κ1) is 13.3. The minimum absolute atomic E-state index is 0.253. The number of nitrogens with zero attached hydrogens (tertiary/aromatic N) is 1. The van der Waals surface area contributed by atoms with Crippen molar-refractivity contribution in [1.29, 1.82) is 0 Å². The largest absolute Gasteiger partial charge is 0.380 e. The third-order valence-corrected chi connectivity index (χ3v) is 2.62. The number of halogens is 2. The predicted octanol–water partition coefficient (Wildman–Crippen LogP) is 3.04. The molecule has 4 heteroatoms. The van der Waals surface area contributed by atoms with E-state index in [4.69, 9.17) is 16.3 Å². The highest BCUT2D eigenvalue weighted by Gasteiger charge is 2.04. The van der Waals surface area contributed by atoms with Crippen LogP contribution in [-0.4, -0.2) is 26.8 Å². The third-order valence-electron chi connectivity index (χ3n) is 2.31. The fourth-order valence-corrected chi connectivity index (χ4v) is 1.56. The first-order chi connectivity index (χ1) is 7.67. The number of rotatable bonds is 6. The van der Waals surface area contributed by atoms with Crippen molar-refractivity contribution in [3.05, 3.63) is 29.6 Å². The van der Waals surface area contributed by atoms with E-state index in [9.17, 15) is 4.39 Å². The Morgan fingerprint density at radius 2 is 2.12 bits per heavy atom. The van der Waals surface area contributed by atoms with Gasteiger partial charge in [0.1, 0.15) is 5.82 Å². The van der Waals surface area contributed by atoms with Gasteiger partial charge in [0.05, 0.1) is 6.61 Å². The summed E-state index contributed by atoms with van der Waals surface area (Å²) in [5.41, 5.74) is 1.62. The molecule has 90 valence electrons. The lowest BCUT2D eigenvalue weighted by molar-refractivity contribution is 0.154. The van der Waals surface area contributed by atoms with Crippen molar-refractivity contribution in [2.24, 2.45) is 0 Å². The fraction of sp³-hybridized carbons (Fsp3) is 0.500. The topological polar surface area (TPSA) is 12.5 Å². The van der Waals surface area contributed by atoms with Gasteiger partial charge in [0.2, 0.25) is 0 Å². The monoisotopic (exact) mass is 245 g/mol. The summed E-state index contributed by atoms with van der Waals surface area (Å²) in [7, 11) is 1.91. The zero-order valence-electron chi connectivity index (χ0n) is 9.67. The minimum Gasteiger partial charge on any atom is -0.380 e. The van der Waals surface area contributed by atoms with Crippen LogP contribution in [0.3, 0.4) is 0 Å². The summed E-state index contributed by atoms with van der Waals surface area (Å²) >= 11 is 5.69. The molecule has 0 saturated carbocycles. The molecular formula is C12H17ClFNO. The van der Waals surface area contributed by atoms with Crippen molar-refractivity contribution < 1.29 is 9.13 Å². The number of benzene rings is 1. The van der Waals surface area contributed by atoms with Gasteiger partial charge in [-0.25, -0.2) is 4.39 Å². The Balaban J connectivity index is 2.66. The van der Waals surface area contributed by atoms with Crippen molar-refractivity contribution in [3.63, 3.8) is 0 Å². The molecule has 0 aliphatic carbocycles. The summed E-state index contributed by atoms with van der Waals surface area (Å²) in [6, 6.07) is 4.84. The molecule has 16 heavy (non-hydrogen) atoms. The highest BCUT2D eigenvalue weighted by Crippen LogP contribution is 2.18. The molecule has 1 rings (SSSR count). The fourth-order valence-electron chi connectivity index (χ4n) is 1.41. The van der Waals surface area contributed by atoms with Gasteiger partial charge in [-0.3, -0.25) is 0 Å². The maximum atomic E-state index is 13.2. The van der Waals surface area contributed by atoms with E-state index in [2.05, 4.69) is 0 Å². The van der Waals surface area contributed by atoms with Crippen LogP contribution < -0.4 is 4.90 Å². The predicted molar refractivity (Wildman–Crippen MR) is 65.7 cm³/mol. The van der Waals surface area contributed by atoms with Gasteiger partial charge in [-0.2, -0.15) is 0 Å². The Hall–Kier alpha value is -0.800. The Morgan fingerprint density at radius 3 is 2.75 bits per heavy atom. The minimum atomic E-state index is -0.253. The van der Waals surface area contributed by atoms with Crippen LogP contribution in [0.2, 0.25) is 0 Å². The molecule has 1 aromatic rings. The van der Waals surface area contributed by atoms with E-state index in [0.717, 1.165) is 17.8 Å². The Morgan fingerprint density at radius 1 is 1.38 bits per heavy atom. The van der Waals surface area contributed by atoms with Crippen LogP contribution in [0.5, 0.6) is 0 Å². The van der Waals surface area contributed by atoms with Crippen LogP contribution in [0.1, 0.15) is 12.5 Å². The number of ether oxygens (including phenoxy) is 1. The van der Waals surface area contributed by atoms with Gasteiger partial charge in [-0.15, -0.1) is 11.6 Å². The molecule has 0 saturated heterocycles. The lowest BCUT2D eigenvalue weighted by Crippen LogP contribution is -2.22. The van der Waals surface area contributed by atoms with Gasteiger partial charge in [-0.05, 0) is 30.7 Å². The van der Waals surface area contributed by atoms with Crippen LogP contribution in [0.4, 0.5) is 10.1 Å². The van der Waals surface area contributed by atoms with E-state index in [1.807, 2.05) is 24.9 Å². The highest BCUT2D eigenvalue weighted by molar-refractivity contribution is 6.17. The molecule has 0 heterocycles. The summed E-state index contributed by atoms with van der Waals surface area (Å²) in [5, 5.41) is 0. The smallest absolute Gasteiger partial charge is 0.125 e. The van der Waals surface area contributed by atoms with Crippen LogP contribution >= 0.6 is 11.6 Å². The number of hydrogen-bond donors (Lipinski definition) is 0. The van der Waals surface area contributed by atoms with E-state index >= 15 is 0 Å². The van der Waals surface area contributed by atoms with Crippen LogP contribution in [-0.2, 0) is 10.6 Å². The first-order valence-electron chi connectivity index (χ1n) is 5.31. The maximum Gasteiger partial charge on any atom is 0.125 e. The molecule has 0 spiro atoms. The van der Waals surface area contributed by atoms with E-state index in [1.54, 1.807) is 0 Å². The zero-order chi connectivity index (χ0) is 12.0. The molecule has 2 nitrogen and oxygen atoms in total. The summed E-state index contributed by atoms with van der Waals surface area (Å²) < 4.78 is 18.5. The van der Waals surface area contributed by atoms with Gasteiger partial charge in [0.25, 0.3) is 0 Å². The summed E-state index contributed by atoms with van der Waals surface area (Å²) in [5.74, 6) is 0.0701. The molecule has 0 aliphatic rings. The van der Waals surface area contributed by atoms with Gasteiger partial charge in [-0.1, -0.05) is 0 Å². The lowest BCUT2D eigenvalue weighted by Gasteiger charge is -2.19. The average molecular weight is 246 g/mol. The van der Waals surface area contributed by atoms with Gasteiger partial charge in [0, 0.05) is 31.8 Å². The quantitative estimate of drug-likeness (QED) is 0.564. The second-order valence-corrected chi connectivity index (χ2v) is 3.84. The second kappa shape index (κ2) is 6.71. The molecule has 0 amide bonds. The Kier molecular flexibility index (Phi) is 5.56. The standard InChI is InChI=1S/C12H17ClFNO/c1-3-16-5-4-15(2)12-7-10(9-13)6-11(14)8-12/h6-8H,3-5,9H2,1-2H3. The van der Waals surface area contributed by atoms with Crippen molar-refractivity contribution in [2.45, 2.75) is 12.8 Å². The van der Waals surface area contributed by atoms with Crippen molar-refractivity contribution in [2.75, 3.05) is 31.7 Å².